The highest BCUT2D eigenvalue weighted by Crippen LogP contribution is 2.61. The molecular weight excluding hydrogens is 618 g/mol. The first-order chi connectivity index (χ1) is 23.4. The van der Waals surface area contributed by atoms with Gasteiger partial charge in [-0.2, -0.15) is 5.06 Å². The Morgan fingerprint density at radius 2 is 1.92 bits per heavy atom. The van der Waals surface area contributed by atoms with Crippen LogP contribution in [0.4, 0.5) is 5.69 Å². The fourth-order valence-corrected chi connectivity index (χ4v) is 8.48. The van der Waals surface area contributed by atoms with Crippen LogP contribution in [0.15, 0.2) is 79.4 Å². The van der Waals surface area contributed by atoms with Crippen molar-refractivity contribution in [2.45, 2.75) is 84.2 Å². The Balaban J connectivity index is 1.36. The summed E-state index contributed by atoms with van der Waals surface area (Å²) in [6, 6.07) is 12.6. The zero-order chi connectivity index (χ0) is 35.5. The third-order valence-electron chi connectivity index (χ3n) is 11.4. The summed E-state index contributed by atoms with van der Waals surface area (Å²) in [6.45, 7) is 15.9. The smallest absolute Gasteiger partial charge is 0.240 e. The van der Waals surface area contributed by atoms with Gasteiger partial charge >= 0.3 is 0 Å². The lowest BCUT2D eigenvalue weighted by molar-refractivity contribution is -0.183. The van der Waals surface area contributed by atoms with Crippen LogP contribution in [0.25, 0.3) is 11.1 Å². The van der Waals surface area contributed by atoms with Crippen LogP contribution in [-0.2, 0) is 21.0 Å². The molecule has 1 heterocycles. The van der Waals surface area contributed by atoms with Crippen molar-refractivity contribution in [2.24, 2.45) is 29.1 Å². The summed E-state index contributed by atoms with van der Waals surface area (Å²) in [5.74, 6) is 1.15. The summed E-state index contributed by atoms with van der Waals surface area (Å²) >= 11 is 0. The van der Waals surface area contributed by atoms with Gasteiger partial charge in [0.2, 0.25) is 11.8 Å². The standard InChI is InChI=1S/C40H53N3O6/c1-8-12-26(9-2)17-18-35(46)41-30-15-10-13-27(19-30)31-16-11-14-28(38(31)48-7)22-43-37(36(25(4)45)34(23-44)49-43)39(47)42-33-21-29-20-32(24(33)3)40(29,5)6/h8-16,19,24-25,29,32-34,36-37,44-45H,1-2,17-18,20-23H2,3-7H3,(H,41,46)(H,42,47)/t24-,25-,29+,32-,33-,34-,36-,37-/m0/s1. The molecule has 264 valence electrons. The molecule has 0 unspecified atom stereocenters. The van der Waals surface area contributed by atoms with Gasteiger partial charge in [-0.05, 0) is 72.6 Å². The number of nitrogens with one attached hydrogen (secondary N) is 2. The minimum atomic E-state index is -0.887. The van der Waals surface area contributed by atoms with Crippen LogP contribution >= 0.6 is 0 Å². The molecule has 0 aromatic heterocycles. The van der Waals surface area contributed by atoms with Crippen LogP contribution in [0.5, 0.6) is 5.75 Å². The summed E-state index contributed by atoms with van der Waals surface area (Å²) in [7, 11) is 1.60. The number of nitrogens with zero attached hydrogens (tertiary/aromatic N) is 1. The molecule has 3 saturated carbocycles. The molecule has 4 aliphatic rings. The number of ether oxygens (including phenoxy) is 1. The van der Waals surface area contributed by atoms with Crippen LogP contribution in [0.1, 0.15) is 58.9 Å². The molecule has 4 N–H and O–H groups in total. The molecule has 6 rings (SSSR count). The topological polar surface area (TPSA) is 120 Å². The lowest BCUT2D eigenvalue weighted by atomic mass is 9.45. The maximum absolute atomic E-state index is 14.1. The number of benzene rings is 2. The molecule has 3 aliphatic carbocycles. The van der Waals surface area contributed by atoms with E-state index in [-0.39, 0.29) is 31.0 Å². The highest BCUT2D eigenvalue weighted by Gasteiger charge is 2.57. The van der Waals surface area contributed by atoms with E-state index in [0.717, 1.165) is 28.7 Å². The Kier molecular flexibility index (Phi) is 11.5. The number of amides is 2. The Hall–Kier alpha value is -3.76. The molecule has 4 fully saturated rings. The fourth-order valence-electron chi connectivity index (χ4n) is 8.48. The highest BCUT2D eigenvalue weighted by atomic mass is 16.7. The number of fused-ring (bicyclic) bond motifs is 2. The van der Waals surface area contributed by atoms with Crippen molar-refractivity contribution in [3.63, 3.8) is 0 Å². The van der Waals surface area contributed by atoms with Crippen LogP contribution in [0, 0.1) is 29.1 Å². The second-order valence-corrected chi connectivity index (χ2v) is 14.5. The predicted molar refractivity (Wildman–Crippen MR) is 192 cm³/mol. The van der Waals surface area contributed by atoms with Crippen LogP contribution in [0.2, 0.25) is 0 Å². The molecule has 0 spiro atoms. The normalized spacial score (nSPS) is 28.2. The van der Waals surface area contributed by atoms with Gasteiger partial charge in [-0.3, -0.25) is 14.4 Å². The molecule has 2 aromatic rings. The third-order valence-corrected chi connectivity index (χ3v) is 11.4. The number of hydrogen-bond donors (Lipinski definition) is 4. The second kappa shape index (κ2) is 15.4. The largest absolute Gasteiger partial charge is 0.496 e. The molecule has 8 atom stereocenters. The fraction of sp³-hybridized carbons (Fsp3) is 0.500. The first kappa shape index (κ1) is 36.5. The minimum absolute atomic E-state index is 0.0484. The van der Waals surface area contributed by atoms with Crippen molar-refractivity contribution < 1.29 is 29.4 Å². The number of allylic oxidation sites excluding steroid dienone is 4. The van der Waals surface area contributed by atoms with Gasteiger partial charge in [0.25, 0.3) is 0 Å². The predicted octanol–water partition coefficient (Wildman–Crippen LogP) is 6.04. The number of methoxy groups -OCH3 is 1. The van der Waals surface area contributed by atoms with E-state index < -0.39 is 24.2 Å². The summed E-state index contributed by atoms with van der Waals surface area (Å²) in [6.07, 6.45) is 6.63. The van der Waals surface area contributed by atoms with E-state index in [0.29, 0.717) is 47.4 Å². The maximum Gasteiger partial charge on any atom is 0.240 e. The molecule has 49 heavy (non-hydrogen) atoms. The van der Waals surface area contributed by atoms with Crippen molar-refractivity contribution in [3.05, 3.63) is 85.0 Å². The summed E-state index contributed by atoms with van der Waals surface area (Å²) in [5, 5.41) is 29.0. The molecule has 9 nitrogen and oxygen atoms in total. The van der Waals surface area contributed by atoms with Gasteiger partial charge in [0.1, 0.15) is 17.9 Å². The van der Waals surface area contributed by atoms with Gasteiger partial charge in [0, 0.05) is 35.2 Å². The SMILES string of the molecule is C=CC=C(C=C)CCC(=O)Nc1cccc(-c2cccc(CN3O[C@@H](CO)[C@H]([C@H](C)O)[C@H]3C(=O)N[C@H]3C[C@H]4C[C@@H]([C@@H]3C)C4(C)C)c2OC)c1. The Morgan fingerprint density at radius 3 is 2.55 bits per heavy atom. The van der Waals surface area contributed by atoms with E-state index in [4.69, 9.17) is 9.57 Å². The molecule has 2 bridgehead atoms. The lowest BCUT2D eigenvalue weighted by Gasteiger charge is -2.62. The third kappa shape index (κ3) is 7.55. The van der Waals surface area contributed by atoms with Gasteiger partial charge in [0.15, 0.2) is 0 Å². The number of carbonyl (C=O) groups excluding carboxylic acids is 2. The maximum atomic E-state index is 14.1. The van der Waals surface area contributed by atoms with E-state index in [1.165, 1.54) is 6.42 Å². The van der Waals surface area contributed by atoms with E-state index in [9.17, 15) is 19.8 Å². The highest BCUT2D eigenvalue weighted by molar-refractivity contribution is 5.92. The number of hydrogen-bond acceptors (Lipinski definition) is 7. The Labute approximate surface area is 291 Å². The number of para-hydroxylation sites is 1. The monoisotopic (exact) mass is 671 g/mol. The molecule has 2 amide bonds. The van der Waals surface area contributed by atoms with E-state index in [1.807, 2.05) is 48.5 Å². The number of anilines is 1. The number of carbonyl (C=O) groups is 2. The Bertz CT molecular complexity index is 1570. The van der Waals surface area contributed by atoms with Crippen molar-refractivity contribution in [1.82, 2.24) is 10.4 Å². The number of hydroxylamine groups is 2. The van der Waals surface area contributed by atoms with Gasteiger partial charge < -0.3 is 25.6 Å². The molecule has 9 heteroatoms. The van der Waals surface area contributed by atoms with Crippen LogP contribution in [0.3, 0.4) is 0 Å². The first-order valence-corrected chi connectivity index (χ1v) is 17.5. The summed E-state index contributed by atoms with van der Waals surface area (Å²) < 4.78 is 5.96. The minimum Gasteiger partial charge on any atom is -0.496 e. The van der Waals surface area contributed by atoms with E-state index >= 15 is 0 Å². The van der Waals surface area contributed by atoms with Crippen molar-refractivity contribution in [1.29, 1.82) is 0 Å². The zero-order valence-corrected chi connectivity index (χ0v) is 29.5. The molecule has 1 saturated heterocycles. The average molecular weight is 672 g/mol. The molecule has 1 aliphatic heterocycles. The van der Waals surface area contributed by atoms with E-state index in [1.54, 1.807) is 31.2 Å². The second-order valence-electron chi connectivity index (χ2n) is 14.5. The number of aliphatic hydroxyl groups is 2. The number of aliphatic hydroxyl groups excluding tert-OH is 2. The zero-order valence-electron chi connectivity index (χ0n) is 29.5. The van der Waals surface area contributed by atoms with E-state index in [2.05, 4.69) is 44.6 Å². The van der Waals surface area contributed by atoms with Gasteiger partial charge in [-0.1, -0.05) is 82.5 Å². The van der Waals surface area contributed by atoms with Gasteiger partial charge in [-0.25, -0.2) is 0 Å². The number of rotatable bonds is 14. The first-order valence-electron chi connectivity index (χ1n) is 17.5. The molecular formula is C40H53N3O6. The van der Waals surface area contributed by atoms with Crippen molar-refractivity contribution in [2.75, 3.05) is 19.0 Å². The van der Waals surface area contributed by atoms with Crippen molar-refractivity contribution in [3.8, 4) is 16.9 Å². The van der Waals surface area contributed by atoms with Crippen LogP contribution < -0.4 is 15.4 Å². The van der Waals surface area contributed by atoms with Crippen molar-refractivity contribution >= 4 is 17.5 Å². The summed E-state index contributed by atoms with van der Waals surface area (Å²) in [5.41, 5.74) is 4.31. The Morgan fingerprint density at radius 1 is 1.16 bits per heavy atom. The quantitative estimate of drug-likeness (QED) is 0.181. The average Bonchev–Trinajstić information content (AvgIpc) is 3.46. The van der Waals surface area contributed by atoms with Crippen LogP contribution in [-0.4, -0.2) is 65.1 Å². The van der Waals surface area contributed by atoms with Gasteiger partial charge in [0.05, 0.1) is 26.4 Å². The summed E-state index contributed by atoms with van der Waals surface area (Å²) in [4.78, 5) is 33.1. The van der Waals surface area contributed by atoms with Gasteiger partial charge in [-0.15, -0.1) is 0 Å². The molecule has 2 aromatic carbocycles. The molecule has 0 radical (unpaired) electrons. The lowest BCUT2D eigenvalue weighted by Crippen LogP contribution is -2.62.